The first kappa shape index (κ1) is 23.1. The van der Waals surface area contributed by atoms with Crippen molar-refractivity contribution < 1.29 is 4.55 Å². The van der Waals surface area contributed by atoms with Gasteiger partial charge in [-0.1, -0.05) is 0 Å². The molecule has 1 N–H and O–H groups in total. The highest BCUT2D eigenvalue weighted by Gasteiger charge is 2.51. The van der Waals surface area contributed by atoms with Gasteiger partial charge in [-0.15, -0.1) is 4.72 Å². The van der Waals surface area contributed by atoms with Crippen LogP contribution >= 0.6 is 15.9 Å². The number of hydrogen-bond acceptors (Lipinski definition) is 6. The van der Waals surface area contributed by atoms with Gasteiger partial charge < -0.3 is 9.45 Å². The van der Waals surface area contributed by atoms with Crippen LogP contribution < -0.4 is 9.62 Å². The summed E-state index contributed by atoms with van der Waals surface area (Å²) >= 11 is 2.47. The maximum atomic E-state index is 13.2. The van der Waals surface area contributed by atoms with Gasteiger partial charge in [-0.2, -0.15) is 5.10 Å². The van der Waals surface area contributed by atoms with E-state index in [1.54, 1.807) is 0 Å². The molecule has 33 heavy (non-hydrogen) atoms. The Morgan fingerprint density at radius 1 is 1.24 bits per heavy atom. The molecule has 7 nitrogen and oxygen atoms in total. The minimum Gasteiger partial charge on any atom is -0.598 e. The molecule has 2 atom stereocenters. The molecule has 2 aliphatic rings. The van der Waals surface area contributed by atoms with Gasteiger partial charge in [0.25, 0.3) is 0 Å². The lowest BCUT2D eigenvalue weighted by molar-refractivity contribution is 0.176. The van der Waals surface area contributed by atoms with Crippen LogP contribution in [0.25, 0.3) is 5.52 Å². The Bertz CT molecular complexity index is 1200. The van der Waals surface area contributed by atoms with Crippen molar-refractivity contribution in [1.82, 2.24) is 24.3 Å². The molecule has 2 unspecified atom stereocenters. The summed E-state index contributed by atoms with van der Waals surface area (Å²) < 4.78 is 19.2. The van der Waals surface area contributed by atoms with Gasteiger partial charge in [0.15, 0.2) is 5.82 Å². The molecule has 176 valence electrons. The summed E-state index contributed by atoms with van der Waals surface area (Å²) in [5, 5.41) is 4.46. The number of pyridine rings is 1. The summed E-state index contributed by atoms with van der Waals surface area (Å²) in [5.74, 6) is 0.985. The van der Waals surface area contributed by atoms with E-state index in [9.17, 15) is 4.55 Å². The number of fused-ring (bicyclic) bond motifs is 2. The second-order valence-electron chi connectivity index (χ2n) is 10.4. The van der Waals surface area contributed by atoms with Gasteiger partial charge >= 0.3 is 0 Å². The van der Waals surface area contributed by atoms with Crippen molar-refractivity contribution in [3.8, 4) is 0 Å². The normalized spacial score (nSPS) is 21.1. The minimum atomic E-state index is -1.15. The van der Waals surface area contributed by atoms with E-state index < -0.39 is 11.4 Å². The Morgan fingerprint density at radius 3 is 2.67 bits per heavy atom. The number of aryl methyl sites for hydroxylation is 2. The van der Waals surface area contributed by atoms with Gasteiger partial charge in [-0.3, -0.25) is 4.98 Å². The first-order chi connectivity index (χ1) is 15.6. The van der Waals surface area contributed by atoms with Crippen molar-refractivity contribution in [3.63, 3.8) is 0 Å². The lowest BCUT2D eigenvalue weighted by Crippen LogP contribution is -2.50. The molecule has 0 amide bonds. The van der Waals surface area contributed by atoms with E-state index in [1.807, 2.05) is 57.6 Å². The average molecular weight is 532 g/mol. The fourth-order valence-electron chi connectivity index (χ4n) is 5.22. The predicted octanol–water partition coefficient (Wildman–Crippen LogP) is 4.44. The van der Waals surface area contributed by atoms with Gasteiger partial charge in [-0.05, 0) is 93.1 Å². The molecule has 1 spiro atoms. The van der Waals surface area contributed by atoms with E-state index in [0.29, 0.717) is 0 Å². The highest BCUT2D eigenvalue weighted by Crippen LogP contribution is 2.53. The Labute approximate surface area is 206 Å². The van der Waals surface area contributed by atoms with E-state index in [0.717, 1.165) is 59.7 Å². The van der Waals surface area contributed by atoms with Crippen LogP contribution in [-0.2, 0) is 17.8 Å². The zero-order valence-electron chi connectivity index (χ0n) is 19.9. The number of nitrogens with one attached hydrogen (secondary N) is 1. The van der Waals surface area contributed by atoms with E-state index in [2.05, 4.69) is 41.7 Å². The molecule has 0 saturated carbocycles. The molecule has 9 heteroatoms. The van der Waals surface area contributed by atoms with Crippen LogP contribution in [0.4, 0.5) is 5.82 Å². The summed E-state index contributed by atoms with van der Waals surface area (Å²) in [4.78, 5) is 11.8. The second kappa shape index (κ2) is 8.22. The number of anilines is 1. The number of piperidine rings is 1. The van der Waals surface area contributed by atoms with Gasteiger partial charge in [0.2, 0.25) is 0 Å². The maximum absolute atomic E-state index is 13.2. The molecule has 0 radical (unpaired) electrons. The van der Waals surface area contributed by atoms with Crippen molar-refractivity contribution in [1.29, 1.82) is 0 Å². The minimum absolute atomic E-state index is 0.0240. The van der Waals surface area contributed by atoms with Crippen LogP contribution in [0.2, 0.25) is 0 Å². The zero-order valence-corrected chi connectivity index (χ0v) is 22.3. The Hall–Kier alpha value is -1.68. The monoisotopic (exact) mass is 530 g/mol. The Balaban J connectivity index is 1.45. The number of hydrogen-bond donors (Lipinski definition) is 1. The smallest absolute Gasteiger partial charge is 0.155 e. The van der Waals surface area contributed by atoms with Crippen LogP contribution in [0.5, 0.6) is 0 Å². The molecule has 5 rings (SSSR count). The molecular formula is C24H31BrN6OS. The molecule has 1 saturated heterocycles. The van der Waals surface area contributed by atoms with E-state index >= 15 is 0 Å². The average Bonchev–Trinajstić information content (AvgIpc) is 3.35. The summed E-state index contributed by atoms with van der Waals surface area (Å²) in [6.07, 6.45) is 6.81. The van der Waals surface area contributed by atoms with Crippen LogP contribution in [0, 0.1) is 19.3 Å². The molecule has 0 bridgehead atoms. The lowest BCUT2D eigenvalue weighted by Gasteiger charge is -2.44. The van der Waals surface area contributed by atoms with Crippen LogP contribution in [0.1, 0.15) is 62.2 Å². The molecule has 0 aromatic carbocycles. The molecule has 1 aliphatic carbocycles. The van der Waals surface area contributed by atoms with E-state index in [4.69, 9.17) is 4.98 Å². The Morgan fingerprint density at radius 2 is 1.97 bits per heavy atom. The second-order valence-corrected chi connectivity index (χ2v) is 13.2. The standard InChI is InChI=1S/C24H31BrN6OS/c1-15-12-18-17(14-26-15)13-24(20(18)29-33(32)23(3,4)5)7-10-30(11-8-24)22-19-6-9-27-31(19)21(25)16(2)28-22/h6,9,12,14,20,29H,7-8,10-11,13H2,1-5H3. The third-order valence-corrected chi connectivity index (χ3v) is 9.57. The zero-order chi connectivity index (χ0) is 23.5. The first-order valence-electron chi connectivity index (χ1n) is 11.5. The third kappa shape index (κ3) is 3.96. The molecule has 3 aromatic heterocycles. The summed E-state index contributed by atoms with van der Waals surface area (Å²) in [6, 6.07) is 4.27. The van der Waals surface area contributed by atoms with E-state index in [1.165, 1.54) is 11.1 Å². The SMILES string of the molecule is Cc1cc2c(cn1)CC1(CCN(c3nc(C)c(Br)n4nccc34)CC1)C2N[S+]([O-])C(C)(C)C. The predicted molar refractivity (Wildman–Crippen MR) is 136 cm³/mol. The summed E-state index contributed by atoms with van der Waals surface area (Å²) in [6.45, 7) is 11.9. The quantitative estimate of drug-likeness (QED) is 0.504. The van der Waals surface area contributed by atoms with Crippen molar-refractivity contribution in [3.05, 3.63) is 51.6 Å². The summed E-state index contributed by atoms with van der Waals surface area (Å²) in [7, 11) is 0. The van der Waals surface area contributed by atoms with Crippen LogP contribution in [0.15, 0.2) is 29.1 Å². The van der Waals surface area contributed by atoms with E-state index in [-0.39, 0.29) is 16.2 Å². The number of aromatic nitrogens is 4. The molecule has 3 aromatic rings. The van der Waals surface area contributed by atoms with Crippen molar-refractivity contribution in [2.24, 2.45) is 5.41 Å². The Kier molecular flexibility index (Phi) is 5.75. The highest BCUT2D eigenvalue weighted by atomic mass is 79.9. The summed E-state index contributed by atoms with van der Waals surface area (Å²) in [5.41, 5.74) is 5.53. The maximum Gasteiger partial charge on any atom is 0.155 e. The number of nitrogens with zero attached hydrogens (tertiary/aromatic N) is 5. The molecule has 4 heterocycles. The fraction of sp³-hybridized carbons (Fsp3) is 0.542. The first-order valence-corrected chi connectivity index (χ1v) is 13.4. The lowest BCUT2D eigenvalue weighted by atomic mass is 9.73. The van der Waals surface area contributed by atoms with Crippen LogP contribution in [0.3, 0.4) is 0 Å². The number of rotatable bonds is 3. The van der Waals surface area contributed by atoms with Crippen molar-refractivity contribution in [2.45, 2.75) is 64.7 Å². The largest absolute Gasteiger partial charge is 0.598 e. The highest BCUT2D eigenvalue weighted by molar-refractivity contribution is 9.10. The molecule has 1 fully saturated rings. The number of halogens is 1. The van der Waals surface area contributed by atoms with Gasteiger partial charge in [0.05, 0.1) is 17.9 Å². The fourth-order valence-corrected chi connectivity index (χ4v) is 6.53. The van der Waals surface area contributed by atoms with Gasteiger partial charge in [0, 0.05) is 41.8 Å². The van der Waals surface area contributed by atoms with Crippen LogP contribution in [-0.4, -0.2) is 42.0 Å². The van der Waals surface area contributed by atoms with Gasteiger partial charge in [0.1, 0.15) is 14.9 Å². The van der Waals surface area contributed by atoms with Crippen molar-refractivity contribution >= 4 is 38.6 Å². The van der Waals surface area contributed by atoms with Gasteiger partial charge in [-0.25, -0.2) is 9.50 Å². The molecule has 1 aliphatic heterocycles. The topological polar surface area (TPSA) is 81.4 Å². The van der Waals surface area contributed by atoms with Crippen molar-refractivity contribution in [2.75, 3.05) is 18.0 Å². The third-order valence-electron chi connectivity index (χ3n) is 7.09. The molecular weight excluding hydrogens is 500 g/mol.